The van der Waals surface area contributed by atoms with Crippen LogP contribution in [0, 0.1) is 5.92 Å². The Morgan fingerprint density at radius 3 is 2.67 bits per heavy atom. The van der Waals surface area contributed by atoms with Gasteiger partial charge in [0.25, 0.3) is 0 Å². The molecule has 82 valence electrons. The second kappa shape index (κ2) is 5.13. The summed E-state index contributed by atoms with van der Waals surface area (Å²) in [4.78, 5) is 0. The highest BCUT2D eigenvalue weighted by molar-refractivity contribution is 9.10. The Hall–Kier alpha value is -0.340. The molecule has 1 nitrogen and oxygen atoms in total. The Morgan fingerprint density at radius 1 is 1.40 bits per heavy atom. The molecule has 0 aromatic heterocycles. The summed E-state index contributed by atoms with van der Waals surface area (Å²) >= 11 is 3.66. The molecule has 1 aromatic rings. The molecule has 1 saturated carbocycles. The molecule has 0 saturated heterocycles. The van der Waals surface area contributed by atoms with Crippen LogP contribution in [0.15, 0.2) is 28.7 Å². The smallest absolute Gasteiger partial charge is 0.0210 e. The standard InChI is InChI=1S/C13H18BrN/c1-15-9-12(10-5-4-6-10)11-7-2-3-8-13(11)14/h2-3,7-8,10,12,15H,4-6,9H2,1H3. The minimum atomic E-state index is 0.680. The first-order valence-electron chi connectivity index (χ1n) is 5.72. The highest BCUT2D eigenvalue weighted by atomic mass is 79.9. The van der Waals surface area contributed by atoms with Gasteiger partial charge in [-0.25, -0.2) is 0 Å². The van der Waals surface area contributed by atoms with Crippen molar-refractivity contribution in [3.63, 3.8) is 0 Å². The maximum absolute atomic E-state index is 3.66. The number of benzene rings is 1. The van der Waals surface area contributed by atoms with Gasteiger partial charge in [-0.05, 0) is 37.4 Å². The normalized spacial score (nSPS) is 18.5. The molecule has 0 aliphatic heterocycles. The Labute approximate surface area is 100 Å². The van der Waals surface area contributed by atoms with E-state index < -0.39 is 0 Å². The average Bonchev–Trinajstić information content (AvgIpc) is 2.15. The molecule has 0 heterocycles. The van der Waals surface area contributed by atoms with Crippen LogP contribution in [0.2, 0.25) is 0 Å². The van der Waals surface area contributed by atoms with Crippen molar-refractivity contribution in [1.29, 1.82) is 0 Å². The van der Waals surface area contributed by atoms with Crippen molar-refractivity contribution >= 4 is 15.9 Å². The van der Waals surface area contributed by atoms with Crippen LogP contribution in [0.1, 0.15) is 30.7 Å². The minimum absolute atomic E-state index is 0.680. The minimum Gasteiger partial charge on any atom is -0.319 e. The lowest BCUT2D eigenvalue weighted by molar-refractivity contribution is 0.257. The summed E-state index contributed by atoms with van der Waals surface area (Å²) in [6.07, 6.45) is 4.21. The third-order valence-electron chi connectivity index (χ3n) is 3.45. The lowest BCUT2D eigenvalue weighted by atomic mass is 9.73. The predicted octanol–water partition coefficient (Wildman–Crippen LogP) is 3.55. The fourth-order valence-corrected chi connectivity index (χ4v) is 2.95. The fourth-order valence-electron chi connectivity index (χ4n) is 2.37. The molecule has 1 unspecified atom stereocenters. The summed E-state index contributed by atoms with van der Waals surface area (Å²) in [5, 5.41) is 3.32. The lowest BCUT2D eigenvalue weighted by Gasteiger charge is -2.34. The number of hydrogen-bond donors (Lipinski definition) is 1. The van der Waals surface area contributed by atoms with E-state index in [0.29, 0.717) is 5.92 Å². The van der Waals surface area contributed by atoms with Gasteiger partial charge >= 0.3 is 0 Å². The second-order valence-corrected chi connectivity index (χ2v) is 5.23. The van der Waals surface area contributed by atoms with Gasteiger partial charge in [0, 0.05) is 16.9 Å². The van der Waals surface area contributed by atoms with Crippen LogP contribution < -0.4 is 5.32 Å². The van der Waals surface area contributed by atoms with E-state index in [1.165, 1.54) is 29.3 Å². The van der Waals surface area contributed by atoms with E-state index in [9.17, 15) is 0 Å². The fraction of sp³-hybridized carbons (Fsp3) is 0.538. The first-order chi connectivity index (χ1) is 7.33. The van der Waals surface area contributed by atoms with Crippen LogP contribution in [-0.2, 0) is 0 Å². The van der Waals surface area contributed by atoms with E-state index in [0.717, 1.165) is 12.5 Å². The molecular formula is C13H18BrN. The number of rotatable bonds is 4. The number of likely N-dealkylation sites (N-methyl/N-ethyl adjacent to an activating group) is 1. The highest BCUT2D eigenvalue weighted by Gasteiger charge is 2.28. The van der Waals surface area contributed by atoms with E-state index in [1.807, 2.05) is 7.05 Å². The van der Waals surface area contributed by atoms with Crippen molar-refractivity contribution in [1.82, 2.24) is 5.32 Å². The molecule has 0 amide bonds. The second-order valence-electron chi connectivity index (χ2n) is 4.38. The molecule has 1 aliphatic carbocycles. The molecule has 1 N–H and O–H groups in total. The summed E-state index contributed by atoms with van der Waals surface area (Å²) in [6.45, 7) is 1.09. The van der Waals surface area contributed by atoms with Crippen LogP contribution in [-0.4, -0.2) is 13.6 Å². The zero-order chi connectivity index (χ0) is 10.7. The van der Waals surface area contributed by atoms with Crippen LogP contribution in [0.4, 0.5) is 0 Å². The Kier molecular flexibility index (Phi) is 3.81. The van der Waals surface area contributed by atoms with E-state index in [-0.39, 0.29) is 0 Å². The van der Waals surface area contributed by atoms with Gasteiger partial charge in [0.05, 0.1) is 0 Å². The van der Waals surface area contributed by atoms with Crippen molar-refractivity contribution in [2.45, 2.75) is 25.2 Å². The zero-order valence-electron chi connectivity index (χ0n) is 9.17. The van der Waals surface area contributed by atoms with Crippen molar-refractivity contribution < 1.29 is 0 Å². The molecular weight excluding hydrogens is 250 g/mol. The van der Waals surface area contributed by atoms with Crippen molar-refractivity contribution in [2.75, 3.05) is 13.6 Å². The third kappa shape index (κ3) is 2.43. The van der Waals surface area contributed by atoms with Gasteiger partial charge in [-0.15, -0.1) is 0 Å². The largest absolute Gasteiger partial charge is 0.319 e. The van der Waals surface area contributed by atoms with E-state index in [1.54, 1.807) is 0 Å². The highest BCUT2D eigenvalue weighted by Crippen LogP contribution is 2.40. The molecule has 1 atom stereocenters. The van der Waals surface area contributed by atoms with E-state index >= 15 is 0 Å². The number of hydrogen-bond acceptors (Lipinski definition) is 1. The number of nitrogens with one attached hydrogen (secondary N) is 1. The van der Waals surface area contributed by atoms with Crippen LogP contribution >= 0.6 is 15.9 Å². The molecule has 0 spiro atoms. The van der Waals surface area contributed by atoms with Crippen LogP contribution in [0.25, 0.3) is 0 Å². The summed E-state index contributed by atoms with van der Waals surface area (Å²) < 4.78 is 1.26. The number of halogens is 1. The Bertz CT molecular complexity index is 320. The van der Waals surface area contributed by atoms with Crippen LogP contribution in [0.5, 0.6) is 0 Å². The summed E-state index contributed by atoms with van der Waals surface area (Å²) in [5.41, 5.74) is 1.47. The van der Waals surface area contributed by atoms with Crippen LogP contribution in [0.3, 0.4) is 0 Å². The summed E-state index contributed by atoms with van der Waals surface area (Å²) in [6, 6.07) is 8.63. The van der Waals surface area contributed by atoms with E-state index in [2.05, 4.69) is 45.5 Å². The predicted molar refractivity (Wildman–Crippen MR) is 68.2 cm³/mol. The molecule has 1 aromatic carbocycles. The van der Waals surface area contributed by atoms with Gasteiger partial charge in [-0.1, -0.05) is 40.5 Å². The molecule has 2 rings (SSSR count). The summed E-state index contributed by atoms with van der Waals surface area (Å²) in [5.74, 6) is 1.57. The Balaban J connectivity index is 2.19. The lowest BCUT2D eigenvalue weighted by Crippen LogP contribution is -2.28. The Morgan fingerprint density at radius 2 is 2.13 bits per heavy atom. The van der Waals surface area contributed by atoms with Crippen molar-refractivity contribution in [3.8, 4) is 0 Å². The van der Waals surface area contributed by atoms with Crippen molar-refractivity contribution in [3.05, 3.63) is 34.3 Å². The molecule has 2 heteroatoms. The quantitative estimate of drug-likeness (QED) is 0.880. The van der Waals surface area contributed by atoms with Gasteiger partial charge in [-0.3, -0.25) is 0 Å². The zero-order valence-corrected chi connectivity index (χ0v) is 10.8. The molecule has 1 fully saturated rings. The monoisotopic (exact) mass is 267 g/mol. The molecule has 1 aliphatic rings. The SMILES string of the molecule is CNCC(c1ccccc1Br)C1CCC1. The van der Waals surface area contributed by atoms with Gasteiger partial charge in [-0.2, -0.15) is 0 Å². The average molecular weight is 268 g/mol. The molecule has 0 radical (unpaired) electrons. The van der Waals surface area contributed by atoms with Gasteiger partial charge in [0.15, 0.2) is 0 Å². The molecule has 0 bridgehead atoms. The van der Waals surface area contributed by atoms with Crippen molar-refractivity contribution in [2.24, 2.45) is 5.92 Å². The van der Waals surface area contributed by atoms with Gasteiger partial charge in [0.2, 0.25) is 0 Å². The van der Waals surface area contributed by atoms with E-state index in [4.69, 9.17) is 0 Å². The van der Waals surface area contributed by atoms with Gasteiger partial charge in [0.1, 0.15) is 0 Å². The first kappa shape index (κ1) is 11.2. The maximum Gasteiger partial charge on any atom is 0.0210 e. The first-order valence-corrected chi connectivity index (χ1v) is 6.51. The third-order valence-corrected chi connectivity index (χ3v) is 4.17. The van der Waals surface area contributed by atoms with Gasteiger partial charge < -0.3 is 5.32 Å². The topological polar surface area (TPSA) is 12.0 Å². The molecule has 15 heavy (non-hydrogen) atoms. The summed E-state index contributed by atoms with van der Waals surface area (Å²) in [7, 11) is 2.04. The maximum atomic E-state index is 3.66.